The molecule has 0 fully saturated rings. The number of nitrogens with one attached hydrogen (secondary N) is 1. The zero-order valence-corrected chi connectivity index (χ0v) is 22.0. The summed E-state index contributed by atoms with van der Waals surface area (Å²) in [4.78, 5) is 5.24. The average Bonchev–Trinajstić information content (AvgIpc) is 3.25. The number of rotatable bonds is 10. The summed E-state index contributed by atoms with van der Waals surface area (Å²) in [7, 11) is 0. The summed E-state index contributed by atoms with van der Waals surface area (Å²) in [6.45, 7) is 4.48. The summed E-state index contributed by atoms with van der Waals surface area (Å²) in [5.74, 6) is 0. The lowest BCUT2D eigenvalue weighted by molar-refractivity contribution is 0.795. The van der Waals surface area contributed by atoms with Crippen molar-refractivity contribution in [2.45, 2.75) is 52.4 Å². The Morgan fingerprint density at radius 1 is 0.595 bits per heavy atom. The van der Waals surface area contributed by atoms with Crippen LogP contribution in [0.25, 0.3) is 11.3 Å². The van der Waals surface area contributed by atoms with Gasteiger partial charge in [0, 0.05) is 22.4 Å². The van der Waals surface area contributed by atoms with Gasteiger partial charge < -0.3 is 5.32 Å². The monoisotopic (exact) mass is 484 g/mol. The molecule has 0 saturated heterocycles. The number of anilines is 1. The van der Waals surface area contributed by atoms with Gasteiger partial charge in [-0.3, -0.25) is 0 Å². The fourth-order valence-corrected chi connectivity index (χ4v) is 4.95. The van der Waals surface area contributed by atoms with Crippen molar-refractivity contribution >= 4 is 28.4 Å². The first-order valence-electron chi connectivity index (χ1n) is 13.7. The molecule has 0 amide bonds. The Labute approximate surface area is 221 Å². The number of hydrogen-bond donors (Lipinski definition) is 1. The fraction of sp³-hybridized carbons (Fsp3) is 0.229. The molecule has 2 nitrogen and oxygen atoms in total. The van der Waals surface area contributed by atoms with Crippen molar-refractivity contribution < 1.29 is 0 Å². The highest BCUT2D eigenvalue weighted by molar-refractivity contribution is 6.43. The van der Waals surface area contributed by atoms with Crippen LogP contribution in [0.1, 0.15) is 67.3 Å². The van der Waals surface area contributed by atoms with Gasteiger partial charge >= 0.3 is 0 Å². The molecule has 186 valence electrons. The Morgan fingerprint density at radius 2 is 1.16 bits per heavy atom. The van der Waals surface area contributed by atoms with E-state index in [0.29, 0.717) is 0 Å². The second-order valence-corrected chi connectivity index (χ2v) is 9.82. The van der Waals surface area contributed by atoms with Gasteiger partial charge in [0.25, 0.3) is 0 Å². The molecule has 1 aliphatic carbocycles. The smallest absolute Gasteiger partial charge is 0.0815 e. The van der Waals surface area contributed by atoms with E-state index in [9.17, 15) is 0 Å². The van der Waals surface area contributed by atoms with Crippen LogP contribution in [0, 0.1) is 0 Å². The molecule has 0 saturated carbocycles. The first kappa shape index (κ1) is 24.8. The Bertz CT molecular complexity index is 1380. The van der Waals surface area contributed by atoms with Crippen LogP contribution in [0.4, 0.5) is 11.4 Å². The molecule has 0 radical (unpaired) electrons. The second-order valence-electron chi connectivity index (χ2n) is 9.82. The van der Waals surface area contributed by atoms with Gasteiger partial charge in [0.1, 0.15) is 0 Å². The number of aryl methyl sites for hydroxylation is 2. The van der Waals surface area contributed by atoms with E-state index >= 15 is 0 Å². The Kier molecular flexibility index (Phi) is 7.96. The van der Waals surface area contributed by atoms with Crippen LogP contribution in [-0.4, -0.2) is 5.71 Å². The van der Waals surface area contributed by atoms with Crippen molar-refractivity contribution in [2.75, 3.05) is 5.32 Å². The SMILES string of the molecule is CCCCc1ccc(N=C2C(c3ccccc3)=C(Nc3ccc(CCCC)cc3)c3ccccc32)cc1. The first-order chi connectivity index (χ1) is 18.3. The normalized spacial score (nSPS) is 13.7. The highest BCUT2D eigenvalue weighted by atomic mass is 14.9. The lowest BCUT2D eigenvalue weighted by atomic mass is 10.0. The molecule has 4 aromatic rings. The van der Waals surface area contributed by atoms with Gasteiger partial charge in [-0.25, -0.2) is 4.99 Å². The van der Waals surface area contributed by atoms with Gasteiger partial charge in [-0.2, -0.15) is 0 Å². The molecule has 0 bridgehead atoms. The van der Waals surface area contributed by atoms with Crippen LogP contribution >= 0.6 is 0 Å². The van der Waals surface area contributed by atoms with Crippen LogP contribution < -0.4 is 5.32 Å². The molecular weight excluding hydrogens is 448 g/mol. The van der Waals surface area contributed by atoms with Gasteiger partial charge in [0.2, 0.25) is 0 Å². The predicted molar refractivity (Wildman–Crippen MR) is 160 cm³/mol. The summed E-state index contributed by atoms with van der Waals surface area (Å²) in [5, 5.41) is 3.78. The van der Waals surface area contributed by atoms with E-state index in [2.05, 4.69) is 122 Å². The third kappa shape index (κ3) is 5.75. The zero-order valence-electron chi connectivity index (χ0n) is 22.0. The van der Waals surface area contributed by atoms with E-state index in [1.807, 2.05) is 0 Å². The maximum Gasteiger partial charge on any atom is 0.0815 e. The van der Waals surface area contributed by atoms with Crippen molar-refractivity contribution in [1.82, 2.24) is 0 Å². The van der Waals surface area contributed by atoms with Crippen molar-refractivity contribution in [1.29, 1.82) is 0 Å². The molecule has 37 heavy (non-hydrogen) atoms. The Hall–Kier alpha value is -3.91. The quantitative estimate of drug-likeness (QED) is 0.238. The van der Waals surface area contributed by atoms with Crippen molar-refractivity contribution in [2.24, 2.45) is 4.99 Å². The largest absolute Gasteiger partial charge is 0.354 e. The fourth-order valence-electron chi connectivity index (χ4n) is 4.95. The van der Waals surface area contributed by atoms with E-state index in [0.717, 1.165) is 41.2 Å². The minimum absolute atomic E-state index is 0.986. The van der Waals surface area contributed by atoms with Crippen LogP contribution in [0.15, 0.2) is 108 Å². The Morgan fingerprint density at radius 3 is 1.78 bits per heavy atom. The molecule has 4 aromatic carbocycles. The standard InChI is InChI=1S/C35H36N2/c1-3-5-12-26-18-22-29(23-19-26)36-34-31-16-10-11-17-32(31)35(33(34)28-14-8-7-9-15-28)37-30-24-20-27(21-25-30)13-6-4-2/h7-11,14-25,36H,3-6,12-13H2,1-2H3. The molecule has 0 aromatic heterocycles. The Balaban J connectivity index is 1.57. The number of fused-ring (bicyclic) bond motifs is 1. The second kappa shape index (κ2) is 11.9. The zero-order chi connectivity index (χ0) is 25.5. The molecule has 0 unspecified atom stereocenters. The lowest BCUT2D eigenvalue weighted by Crippen LogP contribution is -2.02. The van der Waals surface area contributed by atoms with Crippen LogP contribution in [0.5, 0.6) is 0 Å². The van der Waals surface area contributed by atoms with Gasteiger partial charge in [0.05, 0.1) is 17.1 Å². The summed E-state index contributed by atoms with van der Waals surface area (Å²) < 4.78 is 0. The molecule has 2 heteroatoms. The molecular formula is C35H36N2. The van der Waals surface area contributed by atoms with Gasteiger partial charge in [-0.15, -0.1) is 0 Å². The minimum Gasteiger partial charge on any atom is -0.354 e. The summed E-state index contributed by atoms with van der Waals surface area (Å²) >= 11 is 0. The number of benzene rings is 4. The maximum atomic E-state index is 5.24. The van der Waals surface area contributed by atoms with Crippen molar-refractivity contribution in [3.63, 3.8) is 0 Å². The van der Waals surface area contributed by atoms with Gasteiger partial charge in [0.15, 0.2) is 0 Å². The molecule has 5 rings (SSSR count). The first-order valence-corrected chi connectivity index (χ1v) is 13.7. The molecule has 0 aliphatic heterocycles. The number of unbranched alkanes of at least 4 members (excludes halogenated alkanes) is 2. The number of hydrogen-bond acceptors (Lipinski definition) is 2. The van der Waals surface area contributed by atoms with Crippen LogP contribution in [0.2, 0.25) is 0 Å². The summed E-state index contributed by atoms with van der Waals surface area (Å²) in [5.41, 5.74) is 11.6. The van der Waals surface area contributed by atoms with Gasteiger partial charge in [-0.05, 0) is 66.6 Å². The molecule has 1 aliphatic rings. The molecule has 0 spiro atoms. The van der Waals surface area contributed by atoms with Gasteiger partial charge in [-0.1, -0.05) is 106 Å². The van der Waals surface area contributed by atoms with E-state index in [-0.39, 0.29) is 0 Å². The number of allylic oxidation sites excluding steroid dienone is 1. The topological polar surface area (TPSA) is 24.4 Å². The van der Waals surface area contributed by atoms with Crippen LogP contribution in [-0.2, 0) is 12.8 Å². The summed E-state index contributed by atoms with van der Waals surface area (Å²) in [6.07, 6.45) is 7.12. The molecule has 0 atom stereocenters. The molecule has 1 N–H and O–H groups in total. The number of aliphatic imine (C=N–C) groups is 1. The highest BCUT2D eigenvalue weighted by Gasteiger charge is 2.29. The van der Waals surface area contributed by atoms with E-state index < -0.39 is 0 Å². The summed E-state index contributed by atoms with van der Waals surface area (Å²) in [6, 6.07) is 36.9. The van der Waals surface area contributed by atoms with Crippen molar-refractivity contribution in [3.05, 3.63) is 131 Å². The van der Waals surface area contributed by atoms with E-state index in [1.54, 1.807) is 0 Å². The minimum atomic E-state index is 0.986. The third-order valence-electron chi connectivity index (χ3n) is 7.04. The molecule has 0 heterocycles. The third-order valence-corrected chi connectivity index (χ3v) is 7.04. The van der Waals surface area contributed by atoms with E-state index in [4.69, 9.17) is 4.99 Å². The predicted octanol–water partition coefficient (Wildman–Crippen LogP) is 9.49. The highest BCUT2D eigenvalue weighted by Crippen LogP contribution is 2.40. The number of nitrogens with zero attached hydrogens (tertiary/aromatic N) is 1. The average molecular weight is 485 g/mol. The lowest BCUT2D eigenvalue weighted by Gasteiger charge is -2.13. The van der Waals surface area contributed by atoms with Crippen molar-refractivity contribution in [3.8, 4) is 0 Å². The van der Waals surface area contributed by atoms with E-state index in [1.165, 1.54) is 53.5 Å². The van der Waals surface area contributed by atoms with Crippen LogP contribution in [0.3, 0.4) is 0 Å². The maximum absolute atomic E-state index is 5.24.